The van der Waals surface area contributed by atoms with Crippen LogP contribution in [-0.2, 0) is 23.9 Å². The van der Waals surface area contributed by atoms with Crippen LogP contribution in [-0.4, -0.2) is 40.6 Å². The maximum Gasteiger partial charge on any atom is 0.302 e. The fourth-order valence-corrected chi connectivity index (χ4v) is 7.68. The Morgan fingerprint density at radius 1 is 0.966 bits per heavy atom. The summed E-state index contributed by atoms with van der Waals surface area (Å²) in [4.78, 5) is 36.3. The van der Waals surface area contributed by atoms with E-state index in [1.807, 2.05) is 0 Å². The fourth-order valence-electron chi connectivity index (χ4n) is 7.68. The molecule has 0 saturated heterocycles. The highest BCUT2D eigenvalue weighted by Gasteiger charge is 2.68. The molecule has 0 unspecified atom stereocenters. The minimum absolute atomic E-state index is 0.0747. The highest BCUT2D eigenvalue weighted by molar-refractivity contribution is 5.89. The number of rotatable bonds is 2. The van der Waals surface area contributed by atoms with Crippen molar-refractivity contribution in [3.05, 3.63) is 0 Å². The maximum absolute atomic E-state index is 13.3. The van der Waals surface area contributed by atoms with Gasteiger partial charge >= 0.3 is 11.9 Å². The van der Waals surface area contributed by atoms with Crippen molar-refractivity contribution in [3.8, 4) is 0 Å². The van der Waals surface area contributed by atoms with Gasteiger partial charge in [-0.25, -0.2) is 0 Å². The van der Waals surface area contributed by atoms with E-state index in [2.05, 4.69) is 13.8 Å². The first-order chi connectivity index (χ1) is 13.5. The van der Waals surface area contributed by atoms with Crippen molar-refractivity contribution in [1.82, 2.24) is 0 Å². The number of carbonyl (C=O) groups excluding carboxylic acids is 3. The van der Waals surface area contributed by atoms with Crippen molar-refractivity contribution in [2.45, 2.75) is 96.9 Å². The Morgan fingerprint density at radius 3 is 2.31 bits per heavy atom. The second-order valence-corrected chi connectivity index (χ2v) is 10.5. The lowest BCUT2D eigenvalue weighted by Crippen LogP contribution is -2.67. The quantitative estimate of drug-likeness (QED) is 0.709. The van der Waals surface area contributed by atoms with Gasteiger partial charge < -0.3 is 14.6 Å². The van der Waals surface area contributed by atoms with Gasteiger partial charge in [-0.3, -0.25) is 14.4 Å². The van der Waals surface area contributed by atoms with E-state index in [1.54, 1.807) is 0 Å². The maximum atomic E-state index is 13.3. The standard InChI is InChI=1S/C23H34O6/c1-13(24)28-15-7-10-22(4)18-8-9-21(3)17(5-6-20(21)29-14(2)25)16(18)11-19(26)23(22,27)12-15/h15-18,20,27H,5-12H2,1-4H3/t15-,16-,17-,18-,20-,21-,22+,23-/m0/s1. The van der Waals surface area contributed by atoms with Gasteiger partial charge in [-0.2, -0.15) is 0 Å². The molecule has 1 N–H and O–H groups in total. The molecular weight excluding hydrogens is 372 g/mol. The molecular formula is C23H34O6. The zero-order valence-electron chi connectivity index (χ0n) is 18.0. The summed E-state index contributed by atoms with van der Waals surface area (Å²) in [5, 5.41) is 11.6. The number of esters is 2. The third-order valence-electron chi connectivity index (χ3n) is 9.15. The second kappa shape index (κ2) is 6.79. The molecule has 0 bridgehead atoms. The minimum atomic E-state index is -1.42. The first-order valence-electron chi connectivity index (χ1n) is 11.1. The highest BCUT2D eigenvalue weighted by Crippen LogP contribution is 2.66. The summed E-state index contributed by atoms with van der Waals surface area (Å²) in [6, 6.07) is 0. The van der Waals surface area contributed by atoms with Crippen molar-refractivity contribution in [2.24, 2.45) is 28.6 Å². The summed E-state index contributed by atoms with van der Waals surface area (Å²) in [7, 11) is 0. The normalized spacial score (nSPS) is 48.9. The molecule has 0 aromatic carbocycles. The predicted octanol–water partition coefficient (Wildman–Crippen LogP) is 3.19. The topological polar surface area (TPSA) is 89.9 Å². The van der Waals surface area contributed by atoms with Crippen LogP contribution in [0.2, 0.25) is 0 Å². The number of fused-ring (bicyclic) bond motifs is 5. The Morgan fingerprint density at radius 2 is 1.66 bits per heavy atom. The molecule has 6 heteroatoms. The van der Waals surface area contributed by atoms with Crippen LogP contribution >= 0.6 is 0 Å². The van der Waals surface area contributed by atoms with Gasteiger partial charge in [0.1, 0.15) is 17.8 Å². The summed E-state index contributed by atoms with van der Waals surface area (Å²) < 4.78 is 11.0. The second-order valence-electron chi connectivity index (χ2n) is 10.5. The van der Waals surface area contributed by atoms with E-state index in [0.717, 1.165) is 25.7 Å². The molecule has 6 nitrogen and oxygen atoms in total. The molecule has 0 aromatic rings. The predicted molar refractivity (Wildman–Crippen MR) is 105 cm³/mol. The zero-order valence-corrected chi connectivity index (χ0v) is 18.0. The Hall–Kier alpha value is -1.43. The van der Waals surface area contributed by atoms with Crippen molar-refractivity contribution < 1.29 is 29.0 Å². The molecule has 162 valence electrons. The average molecular weight is 407 g/mol. The fraction of sp³-hybridized carbons (Fsp3) is 0.870. The van der Waals surface area contributed by atoms with Gasteiger partial charge in [-0.15, -0.1) is 0 Å². The van der Waals surface area contributed by atoms with Gasteiger partial charge in [-0.1, -0.05) is 13.8 Å². The van der Waals surface area contributed by atoms with Crippen LogP contribution in [0.3, 0.4) is 0 Å². The first-order valence-corrected chi connectivity index (χ1v) is 11.1. The molecule has 4 rings (SSSR count). The van der Waals surface area contributed by atoms with Crippen LogP contribution < -0.4 is 0 Å². The largest absolute Gasteiger partial charge is 0.462 e. The molecule has 4 aliphatic rings. The van der Waals surface area contributed by atoms with Crippen molar-refractivity contribution in [2.75, 3.05) is 0 Å². The van der Waals surface area contributed by atoms with Crippen molar-refractivity contribution in [3.63, 3.8) is 0 Å². The highest BCUT2D eigenvalue weighted by atomic mass is 16.5. The monoisotopic (exact) mass is 406 g/mol. The number of hydrogen-bond donors (Lipinski definition) is 1. The number of ether oxygens (including phenoxy) is 2. The van der Waals surface area contributed by atoms with E-state index in [9.17, 15) is 19.5 Å². The summed E-state index contributed by atoms with van der Waals surface area (Å²) in [5.41, 5.74) is -2.01. The lowest BCUT2D eigenvalue weighted by Gasteiger charge is -2.62. The first kappa shape index (κ1) is 20.8. The molecule has 0 radical (unpaired) electrons. The lowest BCUT2D eigenvalue weighted by molar-refractivity contribution is -0.218. The van der Waals surface area contributed by atoms with Crippen LogP contribution in [0.15, 0.2) is 0 Å². The van der Waals surface area contributed by atoms with E-state index in [1.165, 1.54) is 13.8 Å². The molecule has 0 aliphatic heterocycles. The van der Waals surface area contributed by atoms with Crippen LogP contribution in [0.25, 0.3) is 0 Å². The zero-order chi connectivity index (χ0) is 21.2. The summed E-state index contributed by atoms with van der Waals surface area (Å²) >= 11 is 0. The van der Waals surface area contributed by atoms with Crippen LogP contribution in [0.1, 0.15) is 79.1 Å². The molecule has 8 atom stereocenters. The molecule has 0 heterocycles. The van der Waals surface area contributed by atoms with E-state index in [0.29, 0.717) is 25.2 Å². The summed E-state index contributed by atoms with van der Waals surface area (Å²) in [5.74, 6) is 0.124. The minimum Gasteiger partial charge on any atom is -0.462 e. The third-order valence-corrected chi connectivity index (χ3v) is 9.15. The van der Waals surface area contributed by atoms with Crippen LogP contribution in [0, 0.1) is 28.6 Å². The Labute approximate surface area is 172 Å². The Balaban J connectivity index is 1.61. The Kier molecular flexibility index (Phi) is 4.88. The SMILES string of the molecule is CC(=O)O[C@H]1CC[C@]2(C)[C@H]3CC[C@]4(C)[C@@H](OC(C)=O)CC[C@H]4[C@@H]3CC(=O)[C@@]2(O)C1. The van der Waals surface area contributed by atoms with Crippen molar-refractivity contribution in [1.29, 1.82) is 0 Å². The number of hydrogen-bond acceptors (Lipinski definition) is 6. The molecule has 4 aliphatic carbocycles. The third kappa shape index (κ3) is 2.96. The lowest BCUT2D eigenvalue weighted by atomic mass is 9.43. The van der Waals surface area contributed by atoms with E-state index in [-0.39, 0.29) is 53.6 Å². The number of ketones is 1. The summed E-state index contributed by atoms with van der Waals surface area (Å²) in [6.45, 7) is 7.14. The molecule has 4 fully saturated rings. The molecule has 4 saturated carbocycles. The van der Waals surface area contributed by atoms with Crippen molar-refractivity contribution >= 4 is 17.7 Å². The molecule has 0 amide bonds. The van der Waals surface area contributed by atoms with Gasteiger partial charge in [0, 0.05) is 37.5 Å². The van der Waals surface area contributed by atoms with Crippen LogP contribution in [0.5, 0.6) is 0 Å². The molecule has 0 aromatic heterocycles. The van der Waals surface area contributed by atoms with Gasteiger partial charge in [-0.05, 0) is 56.3 Å². The van der Waals surface area contributed by atoms with E-state index < -0.39 is 11.0 Å². The molecule has 29 heavy (non-hydrogen) atoms. The van der Waals surface area contributed by atoms with Gasteiger partial charge in [0.05, 0.1) is 0 Å². The summed E-state index contributed by atoms with van der Waals surface area (Å²) in [6.07, 6.45) is 5.19. The Bertz CT molecular complexity index is 733. The van der Waals surface area contributed by atoms with E-state index >= 15 is 0 Å². The van der Waals surface area contributed by atoms with Gasteiger partial charge in [0.15, 0.2) is 5.78 Å². The number of aliphatic hydroxyl groups is 1. The number of Topliss-reactive ketones (excluding diaryl/α,β-unsaturated/α-hetero) is 1. The van der Waals surface area contributed by atoms with Gasteiger partial charge in [0.2, 0.25) is 0 Å². The molecule has 0 spiro atoms. The van der Waals surface area contributed by atoms with Gasteiger partial charge in [0.25, 0.3) is 0 Å². The van der Waals surface area contributed by atoms with E-state index in [4.69, 9.17) is 9.47 Å². The number of carbonyl (C=O) groups is 3. The van der Waals surface area contributed by atoms with Crippen LogP contribution in [0.4, 0.5) is 0 Å². The smallest absolute Gasteiger partial charge is 0.302 e. The average Bonchev–Trinajstić information content (AvgIpc) is 2.93.